The summed E-state index contributed by atoms with van der Waals surface area (Å²) in [6.07, 6.45) is 1.81. The molecule has 0 saturated heterocycles. The molecule has 2 aromatic rings. The molecule has 1 heterocycles. The molecule has 1 radical (unpaired) electrons. The molecule has 0 fully saturated rings. The molecule has 13 heavy (non-hydrogen) atoms. The van der Waals surface area contributed by atoms with Crippen molar-refractivity contribution in [1.29, 1.82) is 0 Å². The first-order chi connectivity index (χ1) is 6.25. The van der Waals surface area contributed by atoms with Gasteiger partial charge in [0, 0.05) is 10.0 Å². The number of aromatic nitrogens is 1. The van der Waals surface area contributed by atoms with Crippen LogP contribution in [-0.4, -0.2) is 4.98 Å². The van der Waals surface area contributed by atoms with Gasteiger partial charge in [-0.3, -0.25) is 0 Å². The van der Waals surface area contributed by atoms with Crippen LogP contribution in [-0.2, 0) is 0 Å². The van der Waals surface area contributed by atoms with E-state index in [1.165, 1.54) is 0 Å². The Morgan fingerprint density at radius 2 is 2.23 bits per heavy atom. The summed E-state index contributed by atoms with van der Waals surface area (Å²) in [5.74, 6) is 0. The van der Waals surface area contributed by atoms with Crippen molar-refractivity contribution in [3.8, 4) is 10.6 Å². The molecule has 1 nitrogen and oxygen atoms in total. The van der Waals surface area contributed by atoms with Crippen LogP contribution in [0, 0.1) is 6.07 Å². The summed E-state index contributed by atoms with van der Waals surface area (Å²) >= 11 is 8.38. The van der Waals surface area contributed by atoms with Crippen molar-refractivity contribution in [3.05, 3.63) is 38.7 Å². The molecule has 0 unspecified atom stereocenters. The lowest BCUT2D eigenvalue weighted by atomic mass is 10.2. The number of benzene rings is 1. The van der Waals surface area contributed by atoms with Crippen LogP contribution in [0.3, 0.4) is 0 Å². The second-order valence-corrected chi connectivity index (χ2v) is 5.66. The van der Waals surface area contributed by atoms with Crippen molar-refractivity contribution in [2.75, 3.05) is 0 Å². The molecule has 1 aromatic carbocycles. The normalized spacial score (nSPS) is 10.3. The van der Waals surface area contributed by atoms with Crippen LogP contribution in [0.15, 0.2) is 32.7 Å². The molecule has 0 aliphatic carbocycles. The zero-order valence-corrected chi connectivity index (χ0v) is 10.4. The van der Waals surface area contributed by atoms with Crippen molar-refractivity contribution in [2.45, 2.75) is 0 Å². The van der Waals surface area contributed by atoms with E-state index >= 15 is 0 Å². The van der Waals surface area contributed by atoms with Gasteiger partial charge in [0.15, 0.2) is 0 Å². The zero-order chi connectivity index (χ0) is 9.26. The van der Waals surface area contributed by atoms with Gasteiger partial charge in [0.05, 0.1) is 9.98 Å². The van der Waals surface area contributed by atoms with Gasteiger partial charge in [-0.25, -0.2) is 4.98 Å². The lowest BCUT2D eigenvalue weighted by Crippen LogP contribution is -1.74. The molecule has 0 bridgehead atoms. The van der Waals surface area contributed by atoms with Gasteiger partial charge >= 0.3 is 0 Å². The van der Waals surface area contributed by atoms with E-state index in [4.69, 9.17) is 0 Å². The summed E-state index contributed by atoms with van der Waals surface area (Å²) in [6.45, 7) is 0. The van der Waals surface area contributed by atoms with Gasteiger partial charge < -0.3 is 0 Å². The van der Waals surface area contributed by atoms with Gasteiger partial charge in [-0.2, -0.15) is 0 Å². The number of thiazole rings is 1. The predicted octanol–water partition coefficient (Wildman–Crippen LogP) is 4.14. The van der Waals surface area contributed by atoms with E-state index in [1.807, 2.05) is 24.4 Å². The highest BCUT2D eigenvalue weighted by molar-refractivity contribution is 9.11. The lowest BCUT2D eigenvalue weighted by Gasteiger charge is -1.94. The van der Waals surface area contributed by atoms with E-state index in [0.717, 1.165) is 18.8 Å². The Morgan fingerprint density at radius 3 is 2.85 bits per heavy atom. The Kier molecular flexibility index (Phi) is 2.81. The Balaban J connectivity index is 2.46. The van der Waals surface area contributed by atoms with E-state index in [-0.39, 0.29) is 0 Å². The molecule has 0 spiro atoms. The minimum absolute atomic E-state index is 0.955. The number of hydrogen-bond acceptors (Lipinski definition) is 2. The van der Waals surface area contributed by atoms with E-state index in [1.54, 1.807) is 11.3 Å². The Bertz CT molecular complexity index is 425. The van der Waals surface area contributed by atoms with Crippen molar-refractivity contribution >= 4 is 43.2 Å². The number of rotatable bonds is 1. The first kappa shape index (κ1) is 9.37. The summed E-state index contributed by atoms with van der Waals surface area (Å²) in [5.41, 5.74) is 1.11. The van der Waals surface area contributed by atoms with Crippen molar-refractivity contribution in [2.24, 2.45) is 0 Å². The van der Waals surface area contributed by atoms with Gasteiger partial charge in [0.25, 0.3) is 0 Å². The molecule has 1 aromatic heterocycles. The van der Waals surface area contributed by atoms with Crippen molar-refractivity contribution in [1.82, 2.24) is 4.98 Å². The van der Waals surface area contributed by atoms with E-state index in [9.17, 15) is 0 Å². The Morgan fingerprint density at radius 1 is 1.38 bits per heavy atom. The number of nitrogens with zero attached hydrogens (tertiary/aromatic N) is 1. The molecule has 0 amide bonds. The molecule has 65 valence electrons. The molecule has 4 heteroatoms. The molecule has 2 rings (SSSR count). The van der Waals surface area contributed by atoms with Gasteiger partial charge in [0.1, 0.15) is 5.01 Å². The molecule has 0 saturated carbocycles. The molecule has 0 aliphatic heterocycles. The van der Waals surface area contributed by atoms with Gasteiger partial charge in [-0.15, -0.1) is 11.3 Å². The lowest BCUT2D eigenvalue weighted by molar-refractivity contribution is 1.40. The van der Waals surface area contributed by atoms with Gasteiger partial charge in [0.2, 0.25) is 0 Å². The zero-order valence-electron chi connectivity index (χ0n) is 6.42. The Labute approximate surface area is 97.1 Å². The fourth-order valence-electron chi connectivity index (χ4n) is 0.958. The summed E-state index contributed by atoms with van der Waals surface area (Å²) in [7, 11) is 0. The highest BCUT2D eigenvalue weighted by Gasteiger charge is 2.02. The topological polar surface area (TPSA) is 12.9 Å². The van der Waals surface area contributed by atoms with Crippen LogP contribution in [0.4, 0.5) is 0 Å². The maximum Gasteiger partial charge on any atom is 0.124 e. The molecule has 0 atom stereocenters. The quantitative estimate of drug-likeness (QED) is 0.770. The molecule has 0 N–H and O–H groups in total. The largest absolute Gasteiger partial charge is 0.243 e. The van der Waals surface area contributed by atoms with E-state index in [0.29, 0.717) is 0 Å². The van der Waals surface area contributed by atoms with Crippen LogP contribution < -0.4 is 0 Å². The highest BCUT2D eigenvalue weighted by atomic mass is 79.9. The Hall–Kier alpha value is -0.190. The molecular weight excluding hydrogens is 314 g/mol. The van der Waals surface area contributed by atoms with Crippen LogP contribution in [0.1, 0.15) is 0 Å². The van der Waals surface area contributed by atoms with Crippen LogP contribution in [0.5, 0.6) is 0 Å². The van der Waals surface area contributed by atoms with Crippen LogP contribution in [0.2, 0.25) is 0 Å². The van der Waals surface area contributed by atoms with Gasteiger partial charge in [-0.1, -0.05) is 28.1 Å². The third-order valence-electron chi connectivity index (χ3n) is 1.49. The maximum atomic E-state index is 4.26. The minimum atomic E-state index is 0.955. The molecular formula is C9H4Br2NS. The summed E-state index contributed by atoms with van der Waals surface area (Å²) < 4.78 is 2.00. The van der Waals surface area contributed by atoms with E-state index in [2.05, 4.69) is 42.9 Å². The average Bonchev–Trinajstić information content (AvgIpc) is 2.52. The summed E-state index contributed by atoms with van der Waals surface area (Å²) in [4.78, 5) is 4.26. The van der Waals surface area contributed by atoms with Crippen molar-refractivity contribution < 1.29 is 0 Å². The second-order valence-electron chi connectivity index (χ2n) is 2.39. The van der Waals surface area contributed by atoms with E-state index < -0.39 is 0 Å². The summed E-state index contributed by atoms with van der Waals surface area (Å²) in [6, 6.07) is 8.91. The van der Waals surface area contributed by atoms with Gasteiger partial charge in [-0.05, 0) is 28.1 Å². The second kappa shape index (κ2) is 3.90. The highest BCUT2D eigenvalue weighted by Crippen LogP contribution is 2.29. The van der Waals surface area contributed by atoms with Crippen molar-refractivity contribution in [3.63, 3.8) is 0 Å². The maximum absolute atomic E-state index is 4.26. The predicted molar refractivity (Wildman–Crippen MR) is 61.8 cm³/mol. The number of hydrogen-bond donors (Lipinski definition) is 0. The smallest absolute Gasteiger partial charge is 0.124 e. The van der Waals surface area contributed by atoms with Crippen LogP contribution >= 0.6 is 43.2 Å². The SMILES string of the molecule is Brc1[c]ccc(-c2ncc(Br)s2)c1. The molecule has 0 aliphatic rings. The fourth-order valence-corrected chi connectivity index (χ4v) is 2.54. The minimum Gasteiger partial charge on any atom is -0.243 e. The fraction of sp³-hybridized carbons (Fsp3) is 0. The first-order valence-electron chi connectivity index (χ1n) is 3.54. The third kappa shape index (κ3) is 2.18. The third-order valence-corrected chi connectivity index (χ3v) is 3.47. The standard InChI is InChI=1S/C9H4Br2NS/c10-7-3-1-2-6(4-7)9-12-5-8(11)13-9/h1-2,4-5H. The number of halogens is 2. The average molecular weight is 318 g/mol. The van der Waals surface area contributed by atoms with Crippen LogP contribution in [0.25, 0.3) is 10.6 Å². The first-order valence-corrected chi connectivity index (χ1v) is 5.95. The summed E-state index contributed by atoms with van der Waals surface area (Å²) in [5, 5.41) is 1.02. The monoisotopic (exact) mass is 316 g/mol.